The Morgan fingerprint density at radius 3 is 2.56 bits per heavy atom. The summed E-state index contributed by atoms with van der Waals surface area (Å²) in [5.74, 6) is 0.675. The molecular formula is C13H18N2O3. The molecule has 98 valence electrons. The summed E-state index contributed by atoms with van der Waals surface area (Å²) in [6.07, 6.45) is 5.16. The van der Waals surface area contributed by atoms with Gasteiger partial charge in [0, 0.05) is 24.7 Å². The molecule has 0 atom stereocenters. The van der Waals surface area contributed by atoms with Crippen LogP contribution in [0.1, 0.15) is 25.7 Å². The molecule has 0 heterocycles. The fraction of sp³-hybridized carbons (Fsp3) is 0.538. The summed E-state index contributed by atoms with van der Waals surface area (Å²) in [5, 5.41) is 13.9. The van der Waals surface area contributed by atoms with Crippen molar-refractivity contribution in [2.75, 3.05) is 13.2 Å². The van der Waals surface area contributed by atoms with Crippen LogP contribution in [0.5, 0.6) is 5.75 Å². The minimum atomic E-state index is -0.411. The van der Waals surface area contributed by atoms with Crippen molar-refractivity contribution in [2.24, 2.45) is 0 Å². The normalized spacial score (nSPS) is 15.8. The van der Waals surface area contributed by atoms with Crippen LogP contribution in [0.2, 0.25) is 0 Å². The van der Waals surface area contributed by atoms with Gasteiger partial charge in [0.2, 0.25) is 0 Å². The number of ether oxygens (including phenoxy) is 1. The van der Waals surface area contributed by atoms with Gasteiger partial charge in [0.15, 0.2) is 0 Å². The summed E-state index contributed by atoms with van der Waals surface area (Å²) < 4.78 is 5.52. The molecule has 0 bridgehead atoms. The summed E-state index contributed by atoms with van der Waals surface area (Å²) in [4.78, 5) is 10.1. The van der Waals surface area contributed by atoms with Crippen molar-refractivity contribution in [2.45, 2.75) is 31.7 Å². The monoisotopic (exact) mass is 250 g/mol. The number of nitro groups is 1. The largest absolute Gasteiger partial charge is 0.492 e. The molecule has 0 spiro atoms. The first-order valence-corrected chi connectivity index (χ1v) is 6.36. The zero-order chi connectivity index (χ0) is 12.8. The lowest BCUT2D eigenvalue weighted by Crippen LogP contribution is -2.30. The molecule has 1 aromatic rings. The van der Waals surface area contributed by atoms with Crippen LogP contribution >= 0.6 is 0 Å². The van der Waals surface area contributed by atoms with Gasteiger partial charge in [0.1, 0.15) is 12.4 Å². The number of nitrogens with one attached hydrogen (secondary N) is 1. The first kappa shape index (κ1) is 12.8. The number of hydrogen-bond donors (Lipinski definition) is 1. The van der Waals surface area contributed by atoms with Gasteiger partial charge in [-0.05, 0) is 25.0 Å². The number of nitro benzene ring substituents is 1. The average Bonchev–Trinajstić information content (AvgIpc) is 2.88. The van der Waals surface area contributed by atoms with E-state index in [1.807, 2.05) is 0 Å². The molecule has 1 saturated carbocycles. The Hall–Kier alpha value is -1.62. The van der Waals surface area contributed by atoms with E-state index in [1.165, 1.54) is 37.8 Å². The predicted molar refractivity (Wildman–Crippen MR) is 68.9 cm³/mol. The van der Waals surface area contributed by atoms with Crippen LogP contribution in [0, 0.1) is 10.1 Å². The van der Waals surface area contributed by atoms with Crippen molar-refractivity contribution in [3.05, 3.63) is 34.4 Å². The maximum absolute atomic E-state index is 10.5. The highest BCUT2D eigenvalue weighted by Gasteiger charge is 2.13. The molecule has 5 nitrogen and oxygen atoms in total. The summed E-state index contributed by atoms with van der Waals surface area (Å²) in [6.45, 7) is 1.41. The molecule has 18 heavy (non-hydrogen) atoms. The van der Waals surface area contributed by atoms with E-state index in [0.29, 0.717) is 18.4 Å². The Balaban J connectivity index is 1.68. The van der Waals surface area contributed by atoms with E-state index < -0.39 is 4.92 Å². The molecule has 1 aliphatic carbocycles. The Morgan fingerprint density at radius 2 is 1.94 bits per heavy atom. The van der Waals surface area contributed by atoms with Gasteiger partial charge >= 0.3 is 0 Å². The number of benzene rings is 1. The first-order chi connectivity index (χ1) is 8.75. The third-order valence-electron chi connectivity index (χ3n) is 3.21. The molecule has 0 amide bonds. The van der Waals surface area contributed by atoms with Crippen molar-refractivity contribution in [3.8, 4) is 5.75 Å². The van der Waals surface area contributed by atoms with E-state index in [9.17, 15) is 10.1 Å². The number of rotatable bonds is 6. The quantitative estimate of drug-likeness (QED) is 0.478. The average molecular weight is 250 g/mol. The summed E-state index contributed by atoms with van der Waals surface area (Å²) in [6, 6.07) is 6.83. The molecule has 2 rings (SSSR count). The maximum Gasteiger partial charge on any atom is 0.269 e. The van der Waals surface area contributed by atoms with Crippen molar-refractivity contribution in [1.82, 2.24) is 5.32 Å². The number of nitrogens with zero attached hydrogens (tertiary/aromatic N) is 1. The summed E-state index contributed by atoms with van der Waals surface area (Å²) >= 11 is 0. The smallest absolute Gasteiger partial charge is 0.269 e. The molecule has 1 fully saturated rings. The predicted octanol–water partition coefficient (Wildman–Crippen LogP) is 2.51. The van der Waals surface area contributed by atoms with Crippen LogP contribution in [0.3, 0.4) is 0 Å². The number of non-ortho nitro benzene ring substituents is 1. The minimum absolute atomic E-state index is 0.0893. The third kappa shape index (κ3) is 3.70. The Labute approximate surface area is 106 Å². The number of hydrogen-bond acceptors (Lipinski definition) is 4. The summed E-state index contributed by atoms with van der Waals surface area (Å²) in [5.41, 5.74) is 0.0893. The van der Waals surface area contributed by atoms with E-state index in [4.69, 9.17) is 4.74 Å². The second-order valence-electron chi connectivity index (χ2n) is 4.53. The van der Waals surface area contributed by atoms with Gasteiger partial charge in [-0.15, -0.1) is 0 Å². The van der Waals surface area contributed by atoms with E-state index in [0.717, 1.165) is 6.54 Å². The van der Waals surface area contributed by atoms with E-state index in [1.54, 1.807) is 12.1 Å². The minimum Gasteiger partial charge on any atom is -0.492 e. The third-order valence-corrected chi connectivity index (χ3v) is 3.21. The molecular weight excluding hydrogens is 232 g/mol. The lowest BCUT2D eigenvalue weighted by molar-refractivity contribution is -0.384. The molecule has 0 aromatic heterocycles. The van der Waals surface area contributed by atoms with E-state index in [2.05, 4.69) is 5.32 Å². The van der Waals surface area contributed by atoms with Gasteiger partial charge in [-0.25, -0.2) is 0 Å². The van der Waals surface area contributed by atoms with Crippen molar-refractivity contribution in [1.29, 1.82) is 0 Å². The van der Waals surface area contributed by atoms with Gasteiger partial charge in [-0.1, -0.05) is 12.8 Å². The Kier molecular flexibility index (Phi) is 4.52. The van der Waals surface area contributed by atoms with Crippen LogP contribution in [0.15, 0.2) is 24.3 Å². The van der Waals surface area contributed by atoms with Crippen LogP contribution in [0.4, 0.5) is 5.69 Å². The first-order valence-electron chi connectivity index (χ1n) is 6.36. The molecule has 1 N–H and O–H groups in total. The van der Waals surface area contributed by atoms with Crippen LogP contribution in [-0.4, -0.2) is 24.1 Å². The maximum atomic E-state index is 10.5. The Bertz CT molecular complexity index is 386. The lowest BCUT2D eigenvalue weighted by atomic mass is 10.2. The molecule has 0 radical (unpaired) electrons. The Morgan fingerprint density at radius 1 is 1.28 bits per heavy atom. The SMILES string of the molecule is O=[N+]([O-])c1ccc(OCCNC2CCCC2)cc1. The van der Waals surface area contributed by atoms with Crippen molar-refractivity contribution < 1.29 is 9.66 Å². The van der Waals surface area contributed by atoms with Crippen molar-refractivity contribution >= 4 is 5.69 Å². The molecule has 0 unspecified atom stereocenters. The van der Waals surface area contributed by atoms with Crippen LogP contribution in [-0.2, 0) is 0 Å². The second-order valence-corrected chi connectivity index (χ2v) is 4.53. The highest BCUT2D eigenvalue weighted by atomic mass is 16.6. The van der Waals surface area contributed by atoms with Crippen LogP contribution < -0.4 is 10.1 Å². The van der Waals surface area contributed by atoms with E-state index >= 15 is 0 Å². The van der Waals surface area contributed by atoms with Gasteiger partial charge in [-0.3, -0.25) is 10.1 Å². The fourth-order valence-electron chi connectivity index (χ4n) is 2.23. The zero-order valence-electron chi connectivity index (χ0n) is 10.3. The zero-order valence-corrected chi connectivity index (χ0v) is 10.3. The van der Waals surface area contributed by atoms with Crippen LogP contribution in [0.25, 0.3) is 0 Å². The van der Waals surface area contributed by atoms with Gasteiger partial charge in [0.25, 0.3) is 5.69 Å². The van der Waals surface area contributed by atoms with Gasteiger partial charge < -0.3 is 10.1 Å². The fourth-order valence-corrected chi connectivity index (χ4v) is 2.23. The lowest BCUT2D eigenvalue weighted by Gasteiger charge is -2.12. The van der Waals surface area contributed by atoms with E-state index in [-0.39, 0.29) is 5.69 Å². The topological polar surface area (TPSA) is 64.4 Å². The highest BCUT2D eigenvalue weighted by Crippen LogP contribution is 2.18. The highest BCUT2D eigenvalue weighted by molar-refractivity contribution is 5.35. The van der Waals surface area contributed by atoms with Crippen molar-refractivity contribution in [3.63, 3.8) is 0 Å². The molecule has 0 saturated heterocycles. The van der Waals surface area contributed by atoms with Gasteiger partial charge in [-0.2, -0.15) is 0 Å². The second kappa shape index (κ2) is 6.35. The van der Waals surface area contributed by atoms with Gasteiger partial charge in [0.05, 0.1) is 4.92 Å². The standard InChI is InChI=1S/C13H18N2O3/c16-15(17)12-5-7-13(8-6-12)18-10-9-14-11-3-1-2-4-11/h5-8,11,14H,1-4,9-10H2. The molecule has 1 aliphatic rings. The molecule has 5 heteroatoms. The molecule has 1 aromatic carbocycles. The summed E-state index contributed by atoms with van der Waals surface area (Å²) in [7, 11) is 0. The molecule has 0 aliphatic heterocycles.